The molecule has 0 saturated heterocycles. The third-order valence-corrected chi connectivity index (χ3v) is 4.00. The number of esters is 1. The second-order valence-electron chi connectivity index (χ2n) is 5.06. The lowest BCUT2D eigenvalue weighted by Gasteiger charge is -2.33. The van der Waals surface area contributed by atoms with Crippen LogP contribution in [0.2, 0.25) is 0 Å². The van der Waals surface area contributed by atoms with E-state index in [2.05, 4.69) is 6.08 Å². The largest absolute Gasteiger partial charge is 0.466 e. The highest BCUT2D eigenvalue weighted by Gasteiger charge is 2.41. The van der Waals surface area contributed by atoms with E-state index in [1.165, 1.54) is 0 Å². The van der Waals surface area contributed by atoms with Crippen molar-refractivity contribution in [2.45, 2.75) is 40.0 Å². The molecular formula is C13H21NO4. The van der Waals surface area contributed by atoms with E-state index in [9.17, 15) is 14.9 Å². The maximum atomic E-state index is 11.6. The minimum Gasteiger partial charge on any atom is -0.466 e. The quantitative estimate of drug-likeness (QED) is 0.316. The first kappa shape index (κ1) is 14.7. The van der Waals surface area contributed by atoms with Crippen molar-refractivity contribution >= 4 is 5.97 Å². The van der Waals surface area contributed by atoms with Gasteiger partial charge in [-0.1, -0.05) is 18.6 Å². The third-order valence-electron chi connectivity index (χ3n) is 4.00. The summed E-state index contributed by atoms with van der Waals surface area (Å²) in [6, 6.07) is 0. The molecule has 1 rings (SSSR count). The van der Waals surface area contributed by atoms with Crippen LogP contribution in [0.1, 0.15) is 40.0 Å². The molecule has 0 aromatic rings. The molecule has 0 aliphatic heterocycles. The monoisotopic (exact) mass is 255 g/mol. The Kier molecular flexibility index (Phi) is 4.87. The van der Waals surface area contributed by atoms with Crippen molar-refractivity contribution in [2.24, 2.45) is 11.3 Å². The minimum absolute atomic E-state index is 0.122. The van der Waals surface area contributed by atoms with E-state index in [4.69, 9.17) is 4.74 Å². The van der Waals surface area contributed by atoms with Gasteiger partial charge in [0.1, 0.15) is 0 Å². The Morgan fingerprint density at radius 3 is 2.78 bits per heavy atom. The summed E-state index contributed by atoms with van der Waals surface area (Å²) in [5, 5.41) is 10.8. The van der Waals surface area contributed by atoms with E-state index >= 15 is 0 Å². The molecule has 0 N–H and O–H groups in total. The smallest absolute Gasteiger partial charge is 0.306 e. The molecule has 18 heavy (non-hydrogen) atoms. The second-order valence-corrected chi connectivity index (χ2v) is 5.06. The van der Waals surface area contributed by atoms with Crippen LogP contribution in [0.5, 0.6) is 0 Å². The summed E-state index contributed by atoms with van der Waals surface area (Å²) in [4.78, 5) is 22.0. The summed E-state index contributed by atoms with van der Waals surface area (Å²) in [6.07, 6.45) is 4.03. The van der Waals surface area contributed by atoms with Gasteiger partial charge in [-0.3, -0.25) is 14.9 Å². The van der Waals surface area contributed by atoms with Gasteiger partial charge in [-0.2, -0.15) is 0 Å². The van der Waals surface area contributed by atoms with Crippen molar-refractivity contribution in [2.75, 3.05) is 13.2 Å². The standard InChI is InChI=1S/C13H21NO4/c1-4-18-12(15)8-11(9-14(16)17)13(3)7-5-6-10(13)2/h6,11H,4-5,7-9H2,1-3H3. The molecule has 0 saturated carbocycles. The van der Waals surface area contributed by atoms with Gasteiger partial charge in [-0.25, -0.2) is 0 Å². The highest BCUT2D eigenvalue weighted by Crippen LogP contribution is 2.46. The van der Waals surface area contributed by atoms with Gasteiger partial charge in [0.15, 0.2) is 0 Å². The zero-order valence-electron chi connectivity index (χ0n) is 11.3. The van der Waals surface area contributed by atoms with Gasteiger partial charge in [0.05, 0.1) is 13.0 Å². The SMILES string of the molecule is CCOC(=O)CC(C[N+](=O)[O-])C1(C)CCC=C1C. The Morgan fingerprint density at radius 1 is 1.67 bits per heavy atom. The van der Waals surface area contributed by atoms with E-state index < -0.39 is 0 Å². The summed E-state index contributed by atoms with van der Waals surface area (Å²) >= 11 is 0. The highest BCUT2D eigenvalue weighted by molar-refractivity contribution is 5.69. The molecule has 102 valence electrons. The Balaban J connectivity index is 2.81. The van der Waals surface area contributed by atoms with Crippen molar-refractivity contribution < 1.29 is 14.5 Å². The Morgan fingerprint density at radius 2 is 2.33 bits per heavy atom. The lowest BCUT2D eigenvalue weighted by Crippen LogP contribution is -2.34. The number of allylic oxidation sites excluding steroid dienone is 2. The van der Waals surface area contributed by atoms with Crippen LogP contribution in [0.3, 0.4) is 0 Å². The fourth-order valence-corrected chi connectivity index (χ4v) is 2.64. The van der Waals surface area contributed by atoms with Gasteiger partial charge in [-0.15, -0.1) is 0 Å². The molecule has 5 heteroatoms. The average Bonchev–Trinajstić information content (AvgIpc) is 2.59. The Labute approximate surface area is 107 Å². The number of carbonyl (C=O) groups excluding carboxylic acids is 1. The third kappa shape index (κ3) is 3.31. The van der Waals surface area contributed by atoms with Crippen LogP contribution in [0.4, 0.5) is 0 Å². The molecule has 0 heterocycles. The van der Waals surface area contributed by atoms with Crippen LogP contribution in [-0.4, -0.2) is 24.0 Å². The van der Waals surface area contributed by atoms with Gasteiger partial charge in [0, 0.05) is 10.8 Å². The molecule has 0 spiro atoms. The van der Waals surface area contributed by atoms with E-state index in [1.807, 2.05) is 13.8 Å². The fourth-order valence-electron chi connectivity index (χ4n) is 2.64. The lowest BCUT2D eigenvalue weighted by molar-refractivity contribution is -0.491. The van der Waals surface area contributed by atoms with E-state index in [0.29, 0.717) is 6.61 Å². The average molecular weight is 255 g/mol. The zero-order chi connectivity index (χ0) is 13.8. The molecule has 0 amide bonds. The zero-order valence-corrected chi connectivity index (χ0v) is 11.3. The summed E-state index contributed by atoms with van der Waals surface area (Å²) in [5.41, 5.74) is 0.901. The van der Waals surface area contributed by atoms with Crippen molar-refractivity contribution in [3.63, 3.8) is 0 Å². The molecule has 0 aromatic carbocycles. The van der Waals surface area contributed by atoms with Gasteiger partial charge in [-0.05, 0) is 32.1 Å². The van der Waals surface area contributed by atoms with Crippen LogP contribution < -0.4 is 0 Å². The van der Waals surface area contributed by atoms with E-state index in [0.717, 1.165) is 18.4 Å². The normalized spacial score (nSPS) is 24.5. The van der Waals surface area contributed by atoms with Crippen molar-refractivity contribution in [1.29, 1.82) is 0 Å². The number of nitro groups is 1. The summed E-state index contributed by atoms with van der Waals surface area (Å²) in [6.45, 7) is 5.88. The number of rotatable bonds is 6. The summed E-state index contributed by atoms with van der Waals surface area (Å²) in [5.74, 6) is -0.629. The summed E-state index contributed by atoms with van der Waals surface area (Å²) < 4.78 is 4.91. The molecule has 0 bridgehead atoms. The van der Waals surface area contributed by atoms with E-state index in [1.54, 1.807) is 6.92 Å². The van der Waals surface area contributed by atoms with Crippen LogP contribution in [0.15, 0.2) is 11.6 Å². The molecule has 0 aromatic heterocycles. The fraction of sp³-hybridized carbons (Fsp3) is 0.769. The van der Waals surface area contributed by atoms with Crippen LogP contribution in [-0.2, 0) is 9.53 Å². The molecule has 2 atom stereocenters. The van der Waals surface area contributed by atoms with Crippen LogP contribution >= 0.6 is 0 Å². The second kappa shape index (κ2) is 5.98. The van der Waals surface area contributed by atoms with Gasteiger partial charge in [0.2, 0.25) is 6.54 Å². The molecule has 0 fully saturated rings. The predicted octanol–water partition coefficient (Wildman–Crippen LogP) is 2.58. The van der Waals surface area contributed by atoms with Crippen molar-refractivity contribution in [3.05, 3.63) is 21.8 Å². The molecule has 1 aliphatic carbocycles. The first-order valence-corrected chi connectivity index (χ1v) is 6.34. The number of nitrogens with zero attached hydrogens (tertiary/aromatic N) is 1. The number of hydrogen-bond acceptors (Lipinski definition) is 4. The van der Waals surface area contributed by atoms with Crippen LogP contribution in [0.25, 0.3) is 0 Å². The lowest BCUT2D eigenvalue weighted by atomic mass is 9.71. The first-order valence-electron chi connectivity index (χ1n) is 6.34. The van der Waals surface area contributed by atoms with Crippen molar-refractivity contribution in [3.8, 4) is 0 Å². The number of ether oxygens (including phenoxy) is 1. The predicted molar refractivity (Wildman–Crippen MR) is 67.7 cm³/mol. The highest BCUT2D eigenvalue weighted by atomic mass is 16.6. The Hall–Kier alpha value is -1.39. The molecule has 0 radical (unpaired) electrons. The van der Waals surface area contributed by atoms with Crippen LogP contribution in [0, 0.1) is 21.4 Å². The Bertz CT molecular complexity index is 364. The number of hydrogen-bond donors (Lipinski definition) is 0. The molecular weight excluding hydrogens is 234 g/mol. The molecule has 5 nitrogen and oxygen atoms in total. The topological polar surface area (TPSA) is 69.4 Å². The molecule has 1 aliphatic rings. The van der Waals surface area contributed by atoms with Gasteiger partial charge in [0.25, 0.3) is 0 Å². The van der Waals surface area contributed by atoms with Gasteiger partial charge >= 0.3 is 5.97 Å². The van der Waals surface area contributed by atoms with Crippen molar-refractivity contribution in [1.82, 2.24) is 0 Å². The number of carbonyl (C=O) groups is 1. The summed E-state index contributed by atoms with van der Waals surface area (Å²) in [7, 11) is 0. The first-order chi connectivity index (χ1) is 8.40. The molecule has 2 unspecified atom stereocenters. The van der Waals surface area contributed by atoms with Gasteiger partial charge < -0.3 is 4.74 Å². The maximum Gasteiger partial charge on any atom is 0.306 e. The maximum absolute atomic E-state index is 11.6. The minimum atomic E-state index is -0.342. The van der Waals surface area contributed by atoms with E-state index in [-0.39, 0.29) is 35.2 Å².